The molecule has 0 unspecified atom stereocenters. The van der Waals surface area contributed by atoms with Crippen LogP contribution in [0.1, 0.15) is 37.2 Å². The lowest BCUT2D eigenvalue weighted by atomic mass is 9.80. The standard InChI is InChI=1S/C13H19NO/c1-15-13-9-5-3-7-11(13)10-6-2-4-8-12(10)14/h3,5,7,9-10,12H,2,4,6,8,14H2,1H3/t10-,12-/m1/s1. The Morgan fingerprint density at radius 3 is 2.67 bits per heavy atom. The molecule has 0 saturated heterocycles. The Morgan fingerprint density at radius 2 is 1.93 bits per heavy atom. The summed E-state index contributed by atoms with van der Waals surface area (Å²) in [5.74, 6) is 1.47. The van der Waals surface area contributed by atoms with Crippen molar-refractivity contribution in [2.45, 2.75) is 37.6 Å². The number of ether oxygens (including phenoxy) is 1. The van der Waals surface area contributed by atoms with Crippen LogP contribution in [0, 0.1) is 0 Å². The SMILES string of the molecule is COc1ccccc1[C@H]1CCCC[C@H]1N. The summed E-state index contributed by atoms with van der Waals surface area (Å²) in [5.41, 5.74) is 7.46. The Morgan fingerprint density at radius 1 is 1.20 bits per heavy atom. The van der Waals surface area contributed by atoms with Crippen molar-refractivity contribution < 1.29 is 4.74 Å². The van der Waals surface area contributed by atoms with E-state index in [9.17, 15) is 0 Å². The topological polar surface area (TPSA) is 35.2 Å². The van der Waals surface area contributed by atoms with Gasteiger partial charge in [-0.25, -0.2) is 0 Å². The maximum Gasteiger partial charge on any atom is 0.122 e. The minimum absolute atomic E-state index is 0.301. The van der Waals surface area contributed by atoms with E-state index in [1.807, 2.05) is 12.1 Å². The van der Waals surface area contributed by atoms with Crippen molar-refractivity contribution in [1.82, 2.24) is 0 Å². The summed E-state index contributed by atoms with van der Waals surface area (Å²) < 4.78 is 5.39. The van der Waals surface area contributed by atoms with Crippen molar-refractivity contribution in [2.75, 3.05) is 7.11 Å². The quantitative estimate of drug-likeness (QED) is 0.805. The molecule has 1 fully saturated rings. The van der Waals surface area contributed by atoms with E-state index >= 15 is 0 Å². The normalized spacial score (nSPS) is 26.3. The molecule has 0 heterocycles. The number of methoxy groups -OCH3 is 1. The molecular formula is C13H19NO. The van der Waals surface area contributed by atoms with E-state index in [-0.39, 0.29) is 0 Å². The maximum atomic E-state index is 6.18. The van der Waals surface area contributed by atoms with Gasteiger partial charge in [-0.3, -0.25) is 0 Å². The molecule has 2 atom stereocenters. The number of rotatable bonds is 2. The van der Waals surface area contributed by atoms with E-state index in [0.29, 0.717) is 12.0 Å². The molecule has 1 saturated carbocycles. The van der Waals surface area contributed by atoms with Crippen LogP contribution in [0.2, 0.25) is 0 Å². The van der Waals surface area contributed by atoms with Crippen LogP contribution in [0.5, 0.6) is 5.75 Å². The van der Waals surface area contributed by atoms with Gasteiger partial charge in [0.1, 0.15) is 5.75 Å². The molecule has 0 bridgehead atoms. The molecule has 1 aromatic rings. The second kappa shape index (κ2) is 4.67. The molecule has 1 aliphatic rings. The van der Waals surface area contributed by atoms with E-state index in [1.165, 1.54) is 24.8 Å². The van der Waals surface area contributed by atoms with Crippen molar-refractivity contribution in [3.63, 3.8) is 0 Å². The first-order valence-electron chi connectivity index (χ1n) is 5.71. The number of nitrogens with two attached hydrogens (primary N) is 1. The molecule has 2 N–H and O–H groups in total. The summed E-state index contributed by atoms with van der Waals surface area (Å²) in [5, 5.41) is 0. The van der Waals surface area contributed by atoms with E-state index in [2.05, 4.69) is 12.1 Å². The zero-order valence-corrected chi connectivity index (χ0v) is 9.28. The largest absolute Gasteiger partial charge is 0.496 e. The van der Waals surface area contributed by atoms with Gasteiger partial charge in [0.15, 0.2) is 0 Å². The zero-order chi connectivity index (χ0) is 10.7. The third-order valence-electron chi connectivity index (χ3n) is 3.36. The molecule has 0 amide bonds. The molecule has 82 valence electrons. The van der Waals surface area contributed by atoms with Crippen molar-refractivity contribution in [2.24, 2.45) is 5.73 Å². The van der Waals surface area contributed by atoms with E-state index in [0.717, 1.165) is 12.2 Å². The molecule has 1 aromatic carbocycles. The molecule has 0 spiro atoms. The summed E-state index contributed by atoms with van der Waals surface area (Å²) in [4.78, 5) is 0. The third kappa shape index (κ3) is 2.15. The van der Waals surface area contributed by atoms with Gasteiger partial charge in [0, 0.05) is 12.0 Å². The summed E-state index contributed by atoms with van der Waals surface area (Å²) in [6.07, 6.45) is 4.90. The highest BCUT2D eigenvalue weighted by Gasteiger charge is 2.25. The van der Waals surface area contributed by atoms with E-state index in [1.54, 1.807) is 7.11 Å². The Labute approximate surface area is 91.4 Å². The second-order valence-electron chi connectivity index (χ2n) is 4.30. The molecule has 0 radical (unpaired) electrons. The molecule has 2 heteroatoms. The van der Waals surface area contributed by atoms with Gasteiger partial charge in [0.05, 0.1) is 7.11 Å². The molecule has 2 rings (SSSR count). The van der Waals surface area contributed by atoms with Gasteiger partial charge in [-0.15, -0.1) is 0 Å². The molecule has 0 aliphatic heterocycles. The minimum atomic E-state index is 0.301. The number of benzene rings is 1. The smallest absolute Gasteiger partial charge is 0.122 e. The maximum absolute atomic E-state index is 6.18. The average molecular weight is 205 g/mol. The van der Waals surface area contributed by atoms with Crippen molar-refractivity contribution in [3.05, 3.63) is 29.8 Å². The van der Waals surface area contributed by atoms with E-state index in [4.69, 9.17) is 10.5 Å². The number of hydrogen-bond donors (Lipinski definition) is 1. The predicted octanol–water partition coefficient (Wildman–Crippen LogP) is 2.68. The first-order chi connectivity index (χ1) is 7.33. The first kappa shape index (κ1) is 10.5. The van der Waals surface area contributed by atoms with Crippen LogP contribution < -0.4 is 10.5 Å². The van der Waals surface area contributed by atoms with Gasteiger partial charge in [0.2, 0.25) is 0 Å². The van der Waals surface area contributed by atoms with Crippen LogP contribution in [-0.4, -0.2) is 13.2 Å². The Kier molecular flexibility index (Phi) is 3.27. The van der Waals surface area contributed by atoms with Crippen LogP contribution in [-0.2, 0) is 0 Å². The van der Waals surface area contributed by atoms with Crippen LogP contribution in [0.15, 0.2) is 24.3 Å². The predicted molar refractivity (Wildman–Crippen MR) is 62.2 cm³/mol. The first-order valence-corrected chi connectivity index (χ1v) is 5.71. The minimum Gasteiger partial charge on any atom is -0.496 e. The van der Waals surface area contributed by atoms with Gasteiger partial charge in [-0.05, 0) is 24.5 Å². The van der Waals surface area contributed by atoms with Crippen molar-refractivity contribution in [3.8, 4) is 5.75 Å². The highest BCUT2D eigenvalue weighted by Crippen LogP contribution is 2.36. The van der Waals surface area contributed by atoms with Gasteiger partial charge in [0.25, 0.3) is 0 Å². The van der Waals surface area contributed by atoms with E-state index < -0.39 is 0 Å². The van der Waals surface area contributed by atoms with Gasteiger partial charge in [-0.1, -0.05) is 31.0 Å². The summed E-state index contributed by atoms with van der Waals surface area (Å²) in [6.45, 7) is 0. The highest BCUT2D eigenvalue weighted by molar-refractivity contribution is 5.37. The van der Waals surface area contributed by atoms with Crippen LogP contribution in [0.3, 0.4) is 0 Å². The highest BCUT2D eigenvalue weighted by atomic mass is 16.5. The number of hydrogen-bond acceptors (Lipinski definition) is 2. The fraction of sp³-hybridized carbons (Fsp3) is 0.538. The lowest BCUT2D eigenvalue weighted by Crippen LogP contribution is -2.31. The molecule has 1 aliphatic carbocycles. The monoisotopic (exact) mass is 205 g/mol. The second-order valence-corrected chi connectivity index (χ2v) is 4.30. The lowest BCUT2D eigenvalue weighted by Gasteiger charge is -2.29. The van der Waals surface area contributed by atoms with Gasteiger partial charge < -0.3 is 10.5 Å². The van der Waals surface area contributed by atoms with Crippen molar-refractivity contribution in [1.29, 1.82) is 0 Å². The van der Waals surface area contributed by atoms with Gasteiger partial charge >= 0.3 is 0 Å². The zero-order valence-electron chi connectivity index (χ0n) is 9.28. The molecule has 0 aromatic heterocycles. The summed E-state index contributed by atoms with van der Waals surface area (Å²) in [7, 11) is 1.73. The van der Waals surface area contributed by atoms with Gasteiger partial charge in [-0.2, -0.15) is 0 Å². The fourth-order valence-electron chi connectivity index (χ4n) is 2.52. The van der Waals surface area contributed by atoms with Crippen LogP contribution in [0.25, 0.3) is 0 Å². The Bertz CT molecular complexity index is 324. The summed E-state index contributed by atoms with van der Waals surface area (Å²) in [6, 6.07) is 8.55. The van der Waals surface area contributed by atoms with Crippen molar-refractivity contribution >= 4 is 0 Å². The van der Waals surface area contributed by atoms with Crippen LogP contribution >= 0.6 is 0 Å². The number of para-hydroxylation sites is 1. The fourth-order valence-corrected chi connectivity index (χ4v) is 2.52. The average Bonchev–Trinajstić information content (AvgIpc) is 2.30. The summed E-state index contributed by atoms with van der Waals surface area (Å²) >= 11 is 0. The molecule has 15 heavy (non-hydrogen) atoms. The lowest BCUT2D eigenvalue weighted by molar-refractivity contribution is 0.360. The Hall–Kier alpha value is -1.02. The molecular weight excluding hydrogens is 186 g/mol. The molecule has 2 nitrogen and oxygen atoms in total. The van der Waals surface area contributed by atoms with Crippen LogP contribution in [0.4, 0.5) is 0 Å². The third-order valence-corrected chi connectivity index (χ3v) is 3.36. The Balaban J connectivity index is 2.26.